The Morgan fingerprint density at radius 3 is 2.72 bits per heavy atom. The van der Waals surface area contributed by atoms with Crippen molar-refractivity contribution in [1.82, 2.24) is 30.4 Å². The molecule has 0 saturated heterocycles. The smallest absolute Gasteiger partial charge is 0.192 e. The monoisotopic (exact) mass is 364 g/mol. The van der Waals surface area contributed by atoms with Gasteiger partial charge in [-0.25, -0.2) is 9.98 Å². The lowest BCUT2D eigenvalue weighted by Gasteiger charge is -2.12. The van der Waals surface area contributed by atoms with Crippen molar-refractivity contribution in [3.05, 3.63) is 22.7 Å². The van der Waals surface area contributed by atoms with Gasteiger partial charge in [-0.3, -0.25) is 0 Å². The van der Waals surface area contributed by atoms with Crippen molar-refractivity contribution in [3.63, 3.8) is 0 Å². The molecule has 0 saturated carbocycles. The zero-order valence-electron chi connectivity index (χ0n) is 15.7. The second-order valence-electron chi connectivity index (χ2n) is 6.04. The number of nitrogens with one attached hydrogen (secondary N) is 2. The number of aromatic nitrogens is 4. The van der Waals surface area contributed by atoms with Crippen molar-refractivity contribution in [1.29, 1.82) is 0 Å². The minimum absolute atomic E-state index is 0.545. The third-order valence-corrected chi connectivity index (χ3v) is 4.80. The third kappa shape index (κ3) is 5.70. The molecule has 25 heavy (non-hydrogen) atoms. The lowest BCUT2D eigenvalue weighted by atomic mass is 10.3. The van der Waals surface area contributed by atoms with Crippen molar-refractivity contribution < 1.29 is 0 Å². The van der Waals surface area contributed by atoms with Crippen molar-refractivity contribution in [2.45, 2.75) is 39.8 Å². The first kappa shape index (κ1) is 19.2. The van der Waals surface area contributed by atoms with Gasteiger partial charge in [-0.1, -0.05) is 13.3 Å². The van der Waals surface area contributed by atoms with Gasteiger partial charge >= 0.3 is 0 Å². The van der Waals surface area contributed by atoms with E-state index in [9.17, 15) is 0 Å². The Balaban J connectivity index is 1.99. The van der Waals surface area contributed by atoms with E-state index in [0.29, 0.717) is 13.1 Å². The van der Waals surface area contributed by atoms with E-state index in [1.807, 2.05) is 37.5 Å². The molecule has 0 spiro atoms. The van der Waals surface area contributed by atoms with Gasteiger partial charge in [-0.05, 0) is 13.3 Å². The van der Waals surface area contributed by atoms with Gasteiger partial charge in [0.1, 0.15) is 5.82 Å². The molecule has 0 aliphatic rings. The van der Waals surface area contributed by atoms with Crippen LogP contribution in [-0.4, -0.2) is 46.3 Å². The SMILES string of the molecule is CCCCNC(=NCc1csc(N(C)C)n1)NCc1nnc(C)n1C. The minimum Gasteiger partial charge on any atom is -0.356 e. The van der Waals surface area contributed by atoms with Gasteiger partial charge in [0.25, 0.3) is 0 Å². The summed E-state index contributed by atoms with van der Waals surface area (Å²) in [6, 6.07) is 0. The van der Waals surface area contributed by atoms with Crippen molar-refractivity contribution in [2.24, 2.45) is 12.0 Å². The first-order valence-corrected chi connectivity index (χ1v) is 9.38. The lowest BCUT2D eigenvalue weighted by molar-refractivity contribution is 0.695. The van der Waals surface area contributed by atoms with Gasteiger partial charge in [0.2, 0.25) is 0 Å². The van der Waals surface area contributed by atoms with E-state index in [-0.39, 0.29) is 0 Å². The number of thiazole rings is 1. The van der Waals surface area contributed by atoms with Crippen LogP contribution in [0, 0.1) is 6.92 Å². The minimum atomic E-state index is 0.545. The molecule has 0 radical (unpaired) electrons. The van der Waals surface area contributed by atoms with E-state index in [4.69, 9.17) is 0 Å². The molecule has 138 valence electrons. The number of rotatable bonds is 8. The van der Waals surface area contributed by atoms with Crippen LogP contribution in [0.25, 0.3) is 0 Å². The number of aryl methyl sites for hydroxylation is 1. The van der Waals surface area contributed by atoms with Crippen molar-refractivity contribution in [2.75, 3.05) is 25.5 Å². The van der Waals surface area contributed by atoms with E-state index >= 15 is 0 Å². The van der Waals surface area contributed by atoms with Crippen LogP contribution in [-0.2, 0) is 20.1 Å². The predicted octanol–water partition coefficient (Wildman–Crippen LogP) is 1.68. The number of hydrogen-bond donors (Lipinski definition) is 2. The maximum Gasteiger partial charge on any atom is 0.192 e. The van der Waals surface area contributed by atoms with Gasteiger partial charge in [0.15, 0.2) is 16.9 Å². The largest absolute Gasteiger partial charge is 0.356 e. The Morgan fingerprint density at radius 2 is 2.12 bits per heavy atom. The highest BCUT2D eigenvalue weighted by atomic mass is 32.1. The molecule has 2 aromatic heterocycles. The molecular weight excluding hydrogens is 336 g/mol. The Labute approximate surface area is 153 Å². The Hall–Kier alpha value is -2.16. The second-order valence-corrected chi connectivity index (χ2v) is 6.87. The summed E-state index contributed by atoms with van der Waals surface area (Å²) in [6.45, 7) is 6.13. The first-order chi connectivity index (χ1) is 12.0. The zero-order valence-corrected chi connectivity index (χ0v) is 16.5. The number of nitrogens with zero attached hydrogens (tertiary/aromatic N) is 6. The van der Waals surface area contributed by atoms with Crippen LogP contribution in [0.4, 0.5) is 5.13 Å². The molecule has 8 nitrogen and oxygen atoms in total. The molecule has 0 aliphatic carbocycles. The van der Waals surface area contributed by atoms with Gasteiger partial charge in [-0.2, -0.15) is 0 Å². The Kier molecular flexibility index (Phi) is 7.17. The number of hydrogen-bond acceptors (Lipinski definition) is 6. The molecule has 0 bridgehead atoms. The van der Waals surface area contributed by atoms with E-state index in [2.05, 4.69) is 43.1 Å². The Morgan fingerprint density at radius 1 is 1.32 bits per heavy atom. The van der Waals surface area contributed by atoms with E-state index < -0.39 is 0 Å². The summed E-state index contributed by atoms with van der Waals surface area (Å²) < 4.78 is 1.97. The van der Waals surface area contributed by atoms with Crippen LogP contribution in [0.5, 0.6) is 0 Å². The normalized spacial score (nSPS) is 11.6. The van der Waals surface area contributed by atoms with E-state index in [1.54, 1.807) is 11.3 Å². The highest BCUT2D eigenvalue weighted by Crippen LogP contribution is 2.18. The van der Waals surface area contributed by atoms with Crippen molar-refractivity contribution in [3.8, 4) is 0 Å². The maximum atomic E-state index is 4.65. The first-order valence-electron chi connectivity index (χ1n) is 8.50. The molecule has 2 N–H and O–H groups in total. The molecule has 2 rings (SSSR count). The van der Waals surface area contributed by atoms with Crippen LogP contribution in [0.15, 0.2) is 10.4 Å². The van der Waals surface area contributed by atoms with Crippen LogP contribution >= 0.6 is 11.3 Å². The number of unbranched alkanes of at least 4 members (excludes halogenated alkanes) is 1. The van der Waals surface area contributed by atoms with E-state index in [0.717, 1.165) is 47.8 Å². The van der Waals surface area contributed by atoms with Crippen molar-refractivity contribution >= 4 is 22.4 Å². The van der Waals surface area contributed by atoms with Crippen LogP contribution in [0.1, 0.15) is 37.1 Å². The van der Waals surface area contributed by atoms with Gasteiger partial charge in [0, 0.05) is 33.1 Å². The second kappa shape index (κ2) is 9.36. The highest BCUT2D eigenvalue weighted by Gasteiger charge is 2.07. The summed E-state index contributed by atoms with van der Waals surface area (Å²) >= 11 is 1.63. The summed E-state index contributed by atoms with van der Waals surface area (Å²) in [5.41, 5.74) is 0.972. The maximum absolute atomic E-state index is 4.65. The molecule has 0 aromatic carbocycles. The van der Waals surface area contributed by atoms with Crippen LogP contribution in [0.2, 0.25) is 0 Å². The molecule has 2 aromatic rings. The Bertz CT molecular complexity index is 688. The molecule has 0 atom stereocenters. The standard InChI is InChI=1S/C16H28N8S/c1-6-7-8-17-15(19-10-14-22-21-12(2)24(14)5)18-9-13-11-25-16(20-13)23(3)4/h11H,6-10H2,1-5H3,(H2,17,18,19). The topological polar surface area (TPSA) is 83.3 Å². The fourth-order valence-corrected chi connectivity index (χ4v) is 2.81. The average molecular weight is 365 g/mol. The molecule has 0 fully saturated rings. The number of anilines is 1. The molecular formula is C16H28N8S. The molecule has 2 heterocycles. The lowest BCUT2D eigenvalue weighted by Crippen LogP contribution is -2.38. The summed E-state index contributed by atoms with van der Waals surface area (Å²) in [7, 11) is 5.95. The summed E-state index contributed by atoms with van der Waals surface area (Å²) in [4.78, 5) is 11.2. The number of aliphatic imine (C=N–C) groups is 1. The fraction of sp³-hybridized carbons (Fsp3) is 0.625. The molecule has 0 amide bonds. The molecule has 0 unspecified atom stereocenters. The average Bonchev–Trinajstić information content (AvgIpc) is 3.18. The summed E-state index contributed by atoms with van der Waals surface area (Å²) in [5, 5.41) is 18.0. The molecule has 0 aliphatic heterocycles. The predicted molar refractivity (Wildman–Crippen MR) is 103 cm³/mol. The van der Waals surface area contributed by atoms with E-state index in [1.165, 1.54) is 0 Å². The fourth-order valence-electron chi connectivity index (χ4n) is 2.06. The van der Waals surface area contributed by atoms with Crippen LogP contribution < -0.4 is 15.5 Å². The number of guanidine groups is 1. The third-order valence-electron chi connectivity index (χ3n) is 3.74. The molecule has 9 heteroatoms. The quantitative estimate of drug-likeness (QED) is 0.421. The van der Waals surface area contributed by atoms with Gasteiger partial charge in [0.05, 0.1) is 18.8 Å². The summed E-state index contributed by atoms with van der Waals surface area (Å²) in [6.07, 6.45) is 2.24. The highest BCUT2D eigenvalue weighted by molar-refractivity contribution is 7.13. The van der Waals surface area contributed by atoms with Crippen LogP contribution in [0.3, 0.4) is 0 Å². The summed E-state index contributed by atoms with van der Waals surface area (Å²) in [5.74, 6) is 2.55. The zero-order chi connectivity index (χ0) is 18.2. The van der Waals surface area contributed by atoms with Gasteiger partial charge in [-0.15, -0.1) is 21.5 Å². The van der Waals surface area contributed by atoms with Gasteiger partial charge < -0.3 is 20.1 Å².